The SMILES string of the molecule is Cc1cc(C)c(C(C)OC(=O)NCNC(=O)OC(C)c2cc(C)c(C)cc2[N+](=O)[O-])cc1C.O=C=NCN=C=O. The fraction of sp³-hybridized carbons (Fsp3) is 0.407. The Morgan fingerprint density at radius 3 is 1.70 bits per heavy atom. The average Bonchev–Trinajstić information content (AvgIpc) is 2.88. The molecular formula is C27H33N5O8. The first-order chi connectivity index (χ1) is 18.8. The maximum atomic E-state index is 12.1. The zero-order chi connectivity index (χ0) is 30.4. The topological polar surface area (TPSA) is 179 Å². The number of carbonyl (C=O) groups is 2. The molecule has 0 fully saturated rings. The van der Waals surface area contributed by atoms with Crippen molar-refractivity contribution in [3.8, 4) is 0 Å². The molecule has 0 spiro atoms. The van der Waals surface area contributed by atoms with Crippen LogP contribution in [0.5, 0.6) is 0 Å². The number of nitro groups is 1. The number of ether oxygens (including phenoxy) is 2. The van der Waals surface area contributed by atoms with E-state index in [0.29, 0.717) is 5.56 Å². The number of alkyl carbamates (subject to hydrolysis) is 2. The van der Waals surface area contributed by atoms with Crippen LogP contribution in [0.25, 0.3) is 0 Å². The van der Waals surface area contributed by atoms with Crippen LogP contribution in [0.2, 0.25) is 0 Å². The minimum Gasteiger partial charge on any atom is -0.442 e. The number of nitro benzene ring substituents is 1. The van der Waals surface area contributed by atoms with Crippen LogP contribution in [0.4, 0.5) is 15.3 Å². The molecule has 2 aromatic carbocycles. The minimum atomic E-state index is -0.857. The maximum Gasteiger partial charge on any atom is 0.409 e. The summed E-state index contributed by atoms with van der Waals surface area (Å²) < 4.78 is 10.6. The van der Waals surface area contributed by atoms with Crippen LogP contribution in [0, 0.1) is 44.7 Å². The van der Waals surface area contributed by atoms with Gasteiger partial charge in [0, 0.05) is 6.07 Å². The highest BCUT2D eigenvalue weighted by atomic mass is 16.6. The lowest BCUT2D eigenvalue weighted by molar-refractivity contribution is -0.386. The summed E-state index contributed by atoms with van der Waals surface area (Å²) >= 11 is 0. The van der Waals surface area contributed by atoms with E-state index in [1.165, 1.54) is 18.2 Å². The molecule has 0 saturated carbocycles. The molecule has 40 heavy (non-hydrogen) atoms. The predicted octanol–water partition coefficient (Wildman–Crippen LogP) is 4.98. The summed E-state index contributed by atoms with van der Waals surface area (Å²) in [5.41, 5.74) is 6.00. The zero-order valence-corrected chi connectivity index (χ0v) is 23.5. The van der Waals surface area contributed by atoms with Crippen LogP contribution in [0.1, 0.15) is 65.0 Å². The molecule has 13 nitrogen and oxygen atoms in total. The van der Waals surface area contributed by atoms with E-state index >= 15 is 0 Å². The Balaban J connectivity index is 0.00000101. The minimum absolute atomic E-state index is 0.115. The standard InChI is InChI=1S/C24H31N3O6.C3H2N2O2/c1-13-8-17(5)20(9-14(13)2)18(6)32-23(28)25-12-26-24(29)33-19(7)21-10-15(3)16(4)11-22(21)27(30)31;6-2-4-1-5-3-7/h8-11,18-19H,12H2,1-7H3,(H,25,28)(H,26,29);1H2. The lowest BCUT2D eigenvalue weighted by Crippen LogP contribution is -2.38. The van der Waals surface area contributed by atoms with Crippen molar-refractivity contribution in [1.29, 1.82) is 0 Å². The highest BCUT2D eigenvalue weighted by molar-refractivity contribution is 5.70. The van der Waals surface area contributed by atoms with Gasteiger partial charge in [0.25, 0.3) is 5.69 Å². The molecule has 0 heterocycles. The van der Waals surface area contributed by atoms with Gasteiger partial charge in [-0.2, -0.15) is 9.98 Å². The van der Waals surface area contributed by atoms with Crippen LogP contribution in [-0.2, 0) is 19.1 Å². The normalized spacial score (nSPS) is 11.3. The van der Waals surface area contributed by atoms with Gasteiger partial charge in [-0.1, -0.05) is 12.1 Å². The van der Waals surface area contributed by atoms with E-state index in [1.807, 2.05) is 39.8 Å². The van der Waals surface area contributed by atoms with Gasteiger partial charge in [-0.15, -0.1) is 0 Å². The van der Waals surface area contributed by atoms with Crippen molar-refractivity contribution in [2.24, 2.45) is 9.98 Å². The quantitative estimate of drug-likeness (QED) is 0.143. The fourth-order valence-electron chi connectivity index (χ4n) is 3.54. The summed E-state index contributed by atoms with van der Waals surface area (Å²) in [6, 6.07) is 7.13. The van der Waals surface area contributed by atoms with E-state index < -0.39 is 29.3 Å². The van der Waals surface area contributed by atoms with Gasteiger partial charge >= 0.3 is 12.2 Å². The number of nitrogens with one attached hydrogen (secondary N) is 2. The molecular weight excluding hydrogens is 522 g/mol. The van der Waals surface area contributed by atoms with Crippen LogP contribution in [0.15, 0.2) is 34.3 Å². The van der Waals surface area contributed by atoms with Crippen molar-refractivity contribution >= 4 is 30.0 Å². The summed E-state index contributed by atoms with van der Waals surface area (Å²) in [6.45, 7) is 12.5. The number of nitrogens with zero attached hydrogens (tertiary/aromatic N) is 3. The van der Waals surface area contributed by atoms with E-state index in [-0.39, 0.29) is 19.0 Å². The second-order valence-electron chi connectivity index (χ2n) is 8.81. The Morgan fingerprint density at radius 1 is 0.800 bits per heavy atom. The molecule has 0 bridgehead atoms. The molecule has 2 N–H and O–H groups in total. The van der Waals surface area contributed by atoms with Gasteiger partial charge in [-0.3, -0.25) is 10.1 Å². The van der Waals surface area contributed by atoms with Crippen LogP contribution in [0.3, 0.4) is 0 Å². The lowest BCUT2D eigenvalue weighted by Gasteiger charge is -2.18. The van der Waals surface area contributed by atoms with Crippen molar-refractivity contribution in [3.63, 3.8) is 0 Å². The van der Waals surface area contributed by atoms with Crippen molar-refractivity contribution in [2.75, 3.05) is 13.3 Å². The van der Waals surface area contributed by atoms with Crippen LogP contribution < -0.4 is 10.6 Å². The molecule has 13 heteroatoms. The molecule has 2 unspecified atom stereocenters. The molecule has 0 aliphatic heterocycles. The van der Waals surface area contributed by atoms with Crippen molar-refractivity contribution in [1.82, 2.24) is 10.6 Å². The van der Waals surface area contributed by atoms with E-state index in [4.69, 9.17) is 9.47 Å². The number of hydrogen-bond acceptors (Lipinski definition) is 10. The molecule has 0 aliphatic rings. The molecule has 214 valence electrons. The van der Waals surface area contributed by atoms with Gasteiger partial charge in [0.05, 0.1) is 17.2 Å². The highest BCUT2D eigenvalue weighted by Gasteiger charge is 2.23. The van der Waals surface area contributed by atoms with Crippen LogP contribution in [-0.4, -0.2) is 42.6 Å². The molecule has 0 aromatic heterocycles. The summed E-state index contributed by atoms with van der Waals surface area (Å²) in [7, 11) is 0. The van der Waals surface area contributed by atoms with Gasteiger partial charge in [-0.05, 0) is 87.9 Å². The number of amides is 2. The Bertz CT molecular complexity index is 1310. The average molecular weight is 556 g/mol. The number of hydrogen-bond donors (Lipinski definition) is 2. The van der Waals surface area contributed by atoms with Gasteiger partial charge < -0.3 is 20.1 Å². The van der Waals surface area contributed by atoms with Gasteiger partial charge in [-0.25, -0.2) is 19.2 Å². The molecule has 0 saturated heterocycles. The van der Waals surface area contributed by atoms with Gasteiger partial charge in [0.1, 0.15) is 12.2 Å². The fourth-order valence-corrected chi connectivity index (χ4v) is 3.54. The Hall–Kier alpha value is -4.86. The van der Waals surface area contributed by atoms with Gasteiger partial charge in [0.2, 0.25) is 12.2 Å². The predicted molar refractivity (Wildman–Crippen MR) is 145 cm³/mol. The monoisotopic (exact) mass is 555 g/mol. The number of aryl methyl sites for hydroxylation is 5. The third-order valence-corrected chi connectivity index (χ3v) is 5.90. The summed E-state index contributed by atoms with van der Waals surface area (Å²) in [6.07, 6.45) is -0.440. The van der Waals surface area contributed by atoms with E-state index in [2.05, 4.69) is 20.6 Å². The lowest BCUT2D eigenvalue weighted by atomic mass is 9.98. The third kappa shape index (κ3) is 10.5. The number of aliphatic imine (C=N–C) groups is 2. The molecule has 2 atom stereocenters. The maximum absolute atomic E-state index is 12.1. The first-order valence-corrected chi connectivity index (χ1v) is 12.1. The molecule has 2 rings (SSSR count). The Labute approximate surface area is 231 Å². The number of benzene rings is 2. The second kappa shape index (κ2) is 16.2. The second-order valence-corrected chi connectivity index (χ2v) is 8.81. The molecule has 2 amide bonds. The third-order valence-electron chi connectivity index (χ3n) is 5.90. The van der Waals surface area contributed by atoms with Crippen molar-refractivity contribution in [2.45, 2.75) is 60.7 Å². The first kappa shape index (κ1) is 33.2. The van der Waals surface area contributed by atoms with E-state index in [1.54, 1.807) is 26.8 Å². The highest BCUT2D eigenvalue weighted by Crippen LogP contribution is 2.30. The number of carbonyl (C=O) groups excluding carboxylic acids is 4. The van der Waals surface area contributed by atoms with E-state index in [9.17, 15) is 29.3 Å². The Morgan fingerprint density at radius 2 is 1.23 bits per heavy atom. The summed E-state index contributed by atoms with van der Waals surface area (Å²) in [5.74, 6) is 0. The molecule has 2 aromatic rings. The van der Waals surface area contributed by atoms with E-state index in [0.717, 1.165) is 33.4 Å². The molecule has 0 aliphatic carbocycles. The van der Waals surface area contributed by atoms with Gasteiger partial charge in [0.15, 0.2) is 6.67 Å². The Kier molecular flexibility index (Phi) is 13.4. The molecule has 0 radical (unpaired) electrons. The summed E-state index contributed by atoms with van der Waals surface area (Å²) in [4.78, 5) is 59.3. The van der Waals surface area contributed by atoms with Crippen LogP contribution >= 0.6 is 0 Å². The van der Waals surface area contributed by atoms with Crippen molar-refractivity contribution in [3.05, 3.63) is 73.3 Å². The number of isocyanates is 2. The summed E-state index contributed by atoms with van der Waals surface area (Å²) in [5, 5.41) is 16.2. The smallest absolute Gasteiger partial charge is 0.409 e. The zero-order valence-electron chi connectivity index (χ0n) is 23.5. The number of rotatable bonds is 9. The van der Waals surface area contributed by atoms with Crippen molar-refractivity contribution < 1.29 is 33.6 Å². The first-order valence-electron chi connectivity index (χ1n) is 12.1. The largest absolute Gasteiger partial charge is 0.442 e.